The second-order valence-electron chi connectivity index (χ2n) is 5.28. The molecule has 1 N–H and O–H groups in total. The molecule has 1 aromatic rings. The normalized spacial score (nSPS) is 23.6. The van der Waals surface area contributed by atoms with E-state index < -0.39 is 6.04 Å². The number of rotatable bonds is 3. The fourth-order valence-corrected chi connectivity index (χ4v) is 3.34. The zero-order chi connectivity index (χ0) is 14.1. The van der Waals surface area contributed by atoms with Crippen molar-refractivity contribution in [1.29, 1.82) is 0 Å². The smallest absolute Gasteiger partial charge is 0.252 e. The van der Waals surface area contributed by atoms with Crippen molar-refractivity contribution < 1.29 is 9.59 Å². The molecule has 0 bridgehead atoms. The van der Waals surface area contributed by atoms with Gasteiger partial charge in [0.2, 0.25) is 5.91 Å². The minimum absolute atomic E-state index is 0.0635. The van der Waals surface area contributed by atoms with Gasteiger partial charge in [-0.15, -0.1) is 0 Å². The first kappa shape index (κ1) is 13.5. The molecule has 3 rings (SSSR count). The molecule has 0 spiro atoms. The van der Waals surface area contributed by atoms with Crippen molar-refractivity contribution in [3.8, 4) is 0 Å². The van der Waals surface area contributed by atoms with Crippen LogP contribution in [-0.4, -0.2) is 33.8 Å². The Bertz CT molecular complexity index is 543. The van der Waals surface area contributed by atoms with Gasteiger partial charge in [-0.1, -0.05) is 12.8 Å². The Balaban J connectivity index is 1.74. The average molecular weight is 338 g/mol. The number of nitrogens with zero attached hydrogens (tertiary/aromatic N) is 2. The first-order valence-electron chi connectivity index (χ1n) is 6.90. The topological polar surface area (TPSA) is 62.3 Å². The Morgan fingerprint density at radius 2 is 2.05 bits per heavy atom. The number of anilines is 1. The lowest BCUT2D eigenvalue weighted by molar-refractivity contribution is -0.141. The highest BCUT2D eigenvalue weighted by Gasteiger charge is 2.43. The van der Waals surface area contributed by atoms with Gasteiger partial charge in [-0.2, -0.15) is 0 Å². The summed E-state index contributed by atoms with van der Waals surface area (Å²) in [7, 11) is 0. The van der Waals surface area contributed by atoms with Gasteiger partial charge in [0.1, 0.15) is 11.9 Å². The molecule has 2 fully saturated rings. The maximum Gasteiger partial charge on any atom is 0.252 e. The molecule has 5 nitrogen and oxygen atoms in total. The van der Waals surface area contributed by atoms with Crippen LogP contribution in [0.5, 0.6) is 0 Å². The number of nitrogens with one attached hydrogen (secondary N) is 1. The number of imide groups is 1. The highest BCUT2D eigenvalue weighted by atomic mass is 79.9. The lowest BCUT2D eigenvalue weighted by Gasteiger charge is -2.22. The number of likely N-dealkylation sites (tertiary alicyclic amines) is 1. The third-order valence-electron chi connectivity index (χ3n) is 3.94. The van der Waals surface area contributed by atoms with Crippen molar-refractivity contribution in [2.75, 3.05) is 5.32 Å². The third-order valence-corrected chi connectivity index (χ3v) is 4.58. The van der Waals surface area contributed by atoms with E-state index in [0.717, 1.165) is 30.2 Å². The van der Waals surface area contributed by atoms with Gasteiger partial charge in [0.25, 0.3) is 5.91 Å². The minimum atomic E-state index is -0.491. The largest absolute Gasteiger partial charge is 0.357 e. The molecule has 20 heavy (non-hydrogen) atoms. The summed E-state index contributed by atoms with van der Waals surface area (Å²) in [4.78, 5) is 30.2. The van der Waals surface area contributed by atoms with Crippen molar-refractivity contribution in [1.82, 2.24) is 9.88 Å². The molecule has 0 radical (unpaired) electrons. The van der Waals surface area contributed by atoms with Crippen LogP contribution in [0.1, 0.15) is 32.1 Å². The van der Waals surface area contributed by atoms with E-state index in [-0.39, 0.29) is 24.3 Å². The van der Waals surface area contributed by atoms with E-state index >= 15 is 0 Å². The molecule has 1 aliphatic carbocycles. The molecule has 1 saturated carbocycles. The molecule has 0 aromatic carbocycles. The molecular weight excluding hydrogens is 322 g/mol. The Hall–Kier alpha value is -1.43. The Kier molecular flexibility index (Phi) is 3.74. The summed E-state index contributed by atoms with van der Waals surface area (Å²) in [5.41, 5.74) is 0. The van der Waals surface area contributed by atoms with Crippen molar-refractivity contribution in [2.45, 2.75) is 44.2 Å². The number of hydrogen-bond acceptors (Lipinski definition) is 4. The van der Waals surface area contributed by atoms with Crippen LogP contribution in [0.4, 0.5) is 5.82 Å². The second-order valence-corrected chi connectivity index (χ2v) is 6.13. The third kappa shape index (κ3) is 2.44. The molecule has 2 heterocycles. The van der Waals surface area contributed by atoms with Crippen LogP contribution in [0.2, 0.25) is 0 Å². The van der Waals surface area contributed by atoms with Crippen molar-refractivity contribution >= 4 is 33.6 Å². The van der Waals surface area contributed by atoms with Crippen LogP contribution < -0.4 is 5.32 Å². The Morgan fingerprint density at radius 3 is 2.75 bits per heavy atom. The van der Waals surface area contributed by atoms with E-state index in [9.17, 15) is 9.59 Å². The van der Waals surface area contributed by atoms with Gasteiger partial charge in [-0.25, -0.2) is 4.98 Å². The van der Waals surface area contributed by atoms with Crippen molar-refractivity contribution in [3.63, 3.8) is 0 Å². The number of aromatic nitrogens is 1. The van der Waals surface area contributed by atoms with Gasteiger partial charge < -0.3 is 5.32 Å². The molecule has 106 valence electrons. The molecule has 1 saturated heterocycles. The molecule has 1 atom stereocenters. The number of halogens is 1. The standard InChI is InChI=1S/C14H16BrN3O2/c15-10-6-3-7-16-13(10)17-11-8-12(19)18(14(11)20)9-4-1-2-5-9/h3,6-7,9,11H,1-2,4-5,8H2,(H,16,17). The Morgan fingerprint density at radius 1 is 1.30 bits per heavy atom. The lowest BCUT2D eigenvalue weighted by Crippen LogP contribution is -2.41. The van der Waals surface area contributed by atoms with Crippen LogP contribution in [0.15, 0.2) is 22.8 Å². The zero-order valence-electron chi connectivity index (χ0n) is 11.0. The van der Waals surface area contributed by atoms with Crippen molar-refractivity contribution in [3.05, 3.63) is 22.8 Å². The number of pyridine rings is 1. The highest BCUT2D eigenvalue weighted by Crippen LogP contribution is 2.29. The first-order valence-corrected chi connectivity index (χ1v) is 7.69. The van der Waals surface area contributed by atoms with Crippen molar-refractivity contribution in [2.24, 2.45) is 0 Å². The SMILES string of the molecule is O=C1CC(Nc2ncccc2Br)C(=O)N1C1CCCC1. The fourth-order valence-electron chi connectivity index (χ4n) is 2.97. The fraction of sp³-hybridized carbons (Fsp3) is 0.500. The summed E-state index contributed by atoms with van der Waals surface area (Å²) in [5.74, 6) is 0.429. The number of carbonyl (C=O) groups excluding carboxylic acids is 2. The van der Waals surface area contributed by atoms with Gasteiger partial charge in [0, 0.05) is 12.2 Å². The van der Waals surface area contributed by atoms with E-state index in [4.69, 9.17) is 0 Å². The van der Waals surface area contributed by atoms with Gasteiger partial charge in [0.15, 0.2) is 0 Å². The predicted molar refractivity (Wildman–Crippen MR) is 78.1 cm³/mol. The second kappa shape index (κ2) is 5.52. The van der Waals surface area contributed by atoms with E-state index in [0.29, 0.717) is 5.82 Å². The number of carbonyl (C=O) groups is 2. The lowest BCUT2D eigenvalue weighted by atomic mass is 10.2. The van der Waals surface area contributed by atoms with Crippen LogP contribution in [0, 0.1) is 0 Å². The molecule has 1 aliphatic heterocycles. The summed E-state index contributed by atoms with van der Waals surface area (Å²) in [6.07, 6.45) is 5.97. The van der Waals surface area contributed by atoms with Gasteiger partial charge in [-0.05, 0) is 40.9 Å². The number of hydrogen-bond donors (Lipinski definition) is 1. The molecule has 6 heteroatoms. The molecule has 1 aromatic heterocycles. The van der Waals surface area contributed by atoms with Gasteiger partial charge in [-0.3, -0.25) is 14.5 Å². The molecular formula is C14H16BrN3O2. The first-order chi connectivity index (χ1) is 9.66. The van der Waals surface area contributed by atoms with E-state index in [1.54, 1.807) is 6.20 Å². The monoisotopic (exact) mass is 337 g/mol. The summed E-state index contributed by atoms with van der Waals surface area (Å²) < 4.78 is 0.791. The van der Waals surface area contributed by atoms with Crippen LogP contribution in [0.25, 0.3) is 0 Å². The Labute approximate surface area is 125 Å². The molecule has 2 amide bonds. The average Bonchev–Trinajstić information content (AvgIpc) is 3.02. The molecule has 2 aliphatic rings. The van der Waals surface area contributed by atoms with Crippen LogP contribution in [0.3, 0.4) is 0 Å². The van der Waals surface area contributed by atoms with Gasteiger partial charge in [0.05, 0.1) is 10.9 Å². The summed E-state index contributed by atoms with van der Waals surface area (Å²) in [6, 6.07) is 3.27. The maximum atomic E-state index is 12.4. The predicted octanol–water partition coefficient (Wildman–Crippen LogP) is 2.33. The van der Waals surface area contributed by atoms with Crippen LogP contribution in [-0.2, 0) is 9.59 Å². The number of amides is 2. The van der Waals surface area contributed by atoms with E-state index in [2.05, 4.69) is 26.2 Å². The minimum Gasteiger partial charge on any atom is -0.357 e. The quantitative estimate of drug-likeness (QED) is 0.860. The van der Waals surface area contributed by atoms with Crippen LogP contribution >= 0.6 is 15.9 Å². The van der Waals surface area contributed by atoms with E-state index in [1.165, 1.54) is 4.90 Å². The highest BCUT2D eigenvalue weighted by molar-refractivity contribution is 9.10. The van der Waals surface area contributed by atoms with Gasteiger partial charge >= 0.3 is 0 Å². The zero-order valence-corrected chi connectivity index (χ0v) is 12.6. The van der Waals surface area contributed by atoms with E-state index in [1.807, 2.05) is 12.1 Å². The summed E-state index contributed by atoms with van der Waals surface area (Å²) in [6.45, 7) is 0. The molecule has 1 unspecified atom stereocenters. The summed E-state index contributed by atoms with van der Waals surface area (Å²) in [5, 5.41) is 3.07. The maximum absolute atomic E-state index is 12.4. The summed E-state index contributed by atoms with van der Waals surface area (Å²) >= 11 is 3.39.